The third kappa shape index (κ3) is 3.95. The SMILES string of the molecule is CN(c1cnc(-c2cc3oc(C(F)(F)F)cc(=O)c3cc2O)nn1)[C@@H]1CC2CCCC(N2)[C@@H]1F. The lowest BCUT2D eigenvalue weighted by atomic mass is 9.82. The van der Waals surface area contributed by atoms with Crippen LogP contribution in [0.1, 0.15) is 31.4 Å². The van der Waals surface area contributed by atoms with Crippen LogP contribution in [0, 0.1) is 0 Å². The molecule has 180 valence electrons. The van der Waals surface area contributed by atoms with Crippen LogP contribution in [-0.4, -0.2) is 51.6 Å². The molecular weight excluding hydrogens is 458 g/mol. The Kier molecular flexibility index (Phi) is 5.42. The van der Waals surface area contributed by atoms with Gasteiger partial charge in [-0.25, -0.2) is 9.37 Å². The number of hydrogen-bond acceptors (Lipinski definition) is 8. The number of rotatable bonds is 3. The monoisotopic (exact) mass is 479 g/mol. The Balaban J connectivity index is 1.45. The van der Waals surface area contributed by atoms with Crippen LogP contribution < -0.4 is 15.6 Å². The van der Waals surface area contributed by atoms with Gasteiger partial charge in [-0.2, -0.15) is 13.2 Å². The van der Waals surface area contributed by atoms with Crippen LogP contribution in [0.3, 0.4) is 0 Å². The fraction of sp³-hybridized carbons (Fsp3) is 0.455. The van der Waals surface area contributed by atoms with E-state index in [1.54, 1.807) is 11.9 Å². The van der Waals surface area contributed by atoms with Crippen LogP contribution in [0.4, 0.5) is 23.4 Å². The second kappa shape index (κ2) is 8.19. The van der Waals surface area contributed by atoms with Gasteiger partial charge in [-0.15, -0.1) is 10.2 Å². The molecule has 4 atom stereocenters. The van der Waals surface area contributed by atoms with E-state index in [0.717, 1.165) is 31.4 Å². The van der Waals surface area contributed by atoms with E-state index in [1.807, 2.05) is 0 Å². The standard InChI is InChI=1S/C22H21F4N5O3/c1-31(14-5-10-3-2-4-13(28-10)20(14)23)19-9-27-21(30-29-19)12-7-17-11(6-15(12)32)16(33)8-18(34-17)22(24,25)26/h6-10,13-14,20,28,32H,2-5H2,1H3/t10?,13?,14-,20+/m1/s1. The topological polar surface area (TPSA) is 104 Å². The lowest BCUT2D eigenvalue weighted by molar-refractivity contribution is -0.152. The summed E-state index contributed by atoms with van der Waals surface area (Å²) in [6.45, 7) is 0. The number of aromatic hydroxyl groups is 1. The van der Waals surface area contributed by atoms with E-state index in [9.17, 15) is 23.1 Å². The number of fused-ring (bicyclic) bond motifs is 3. The molecule has 1 aromatic carbocycles. The number of halogens is 4. The molecule has 2 bridgehead atoms. The van der Waals surface area contributed by atoms with Crippen LogP contribution >= 0.6 is 0 Å². The molecule has 2 unspecified atom stereocenters. The van der Waals surface area contributed by atoms with E-state index in [4.69, 9.17) is 4.42 Å². The zero-order chi connectivity index (χ0) is 24.2. The Morgan fingerprint density at radius 2 is 2.00 bits per heavy atom. The van der Waals surface area contributed by atoms with Gasteiger partial charge in [-0.3, -0.25) is 4.79 Å². The minimum atomic E-state index is -4.85. The Bertz CT molecular complexity index is 1280. The number of alkyl halides is 4. The molecule has 5 rings (SSSR count). The van der Waals surface area contributed by atoms with E-state index in [0.29, 0.717) is 18.3 Å². The summed E-state index contributed by atoms with van der Waals surface area (Å²) in [7, 11) is 1.71. The highest BCUT2D eigenvalue weighted by atomic mass is 19.4. The minimum Gasteiger partial charge on any atom is -0.507 e. The number of hydrogen-bond donors (Lipinski definition) is 2. The van der Waals surface area contributed by atoms with E-state index >= 15 is 4.39 Å². The molecule has 2 aliphatic rings. The first-order valence-corrected chi connectivity index (χ1v) is 10.8. The number of phenolic OH excluding ortho intramolecular Hbond substituents is 1. The molecule has 3 aromatic rings. The first kappa shape index (κ1) is 22.5. The number of anilines is 1. The Hall–Kier alpha value is -3.28. The number of nitrogens with zero attached hydrogens (tertiary/aromatic N) is 4. The molecule has 0 amide bonds. The maximum Gasteiger partial charge on any atom is 0.449 e. The number of piperidine rings is 2. The Morgan fingerprint density at radius 1 is 1.21 bits per heavy atom. The lowest BCUT2D eigenvalue weighted by Gasteiger charge is -2.45. The maximum absolute atomic E-state index is 15.0. The molecule has 2 saturated heterocycles. The summed E-state index contributed by atoms with van der Waals surface area (Å²) in [5.74, 6) is -1.64. The molecular formula is C22H21F4N5O3. The number of benzene rings is 1. The fourth-order valence-corrected chi connectivity index (χ4v) is 4.78. The third-order valence-electron chi connectivity index (χ3n) is 6.57. The van der Waals surface area contributed by atoms with Crippen molar-refractivity contribution in [3.8, 4) is 17.1 Å². The summed E-state index contributed by atoms with van der Waals surface area (Å²) in [5.41, 5.74) is -1.38. The fourth-order valence-electron chi connectivity index (χ4n) is 4.78. The largest absolute Gasteiger partial charge is 0.507 e. The van der Waals surface area contributed by atoms with Gasteiger partial charge in [0.15, 0.2) is 17.1 Å². The second-order valence-electron chi connectivity index (χ2n) is 8.74. The zero-order valence-corrected chi connectivity index (χ0v) is 18.0. The van der Waals surface area contributed by atoms with E-state index in [2.05, 4.69) is 20.5 Å². The molecule has 2 N–H and O–H groups in total. The molecule has 2 aliphatic heterocycles. The maximum atomic E-state index is 15.0. The van der Waals surface area contributed by atoms with Crippen molar-refractivity contribution in [3.05, 3.63) is 40.4 Å². The number of aromatic nitrogens is 3. The van der Waals surface area contributed by atoms with Crippen LogP contribution in [0.2, 0.25) is 0 Å². The van der Waals surface area contributed by atoms with Gasteiger partial charge in [-0.1, -0.05) is 6.42 Å². The molecule has 0 radical (unpaired) electrons. The van der Waals surface area contributed by atoms with Crippen molar-refractivity contribution in [1.82, 2.24) is 20.5 Å². The molecule has 34 heavy (non-hydrogen) atoms. The average Bonchev–Trinajstić information content (AvgIpc) is 2.81. The molecule has 12 heteroatoms. The quantitative estimate of drug-likeness (QED) is 0.551. The van der Waals surface area contributed by atoms with Gasteiger partial charge >= 0.3 is 6.18 Å². The van der Waals surface area contributed by atoms with E-state index in [1.165, 1.54) is 6.20 Å². The molecule has 2 fully saturated rings. The lowest BCUT2D eigenvalue weighted by Crippen LogP contribution is -2.61. The van der Waals surface area contributed by atoms with Crippen molar-refractivity contribution in [2.24, 2.45) is 0 Å². The summed E-state index contributed by atoms with van der Waals surface area (Å²) in [6, 6.07) is 2.03. The van der Waals surface area contributed by atoms with Crippen LogP contribution in [0.15, 0.2) is 33.6 Å². The van der Waals surface area contributed by atoms with Crippen LogP contribution in [-0.2, 0) is 6.18 Å². The van der Waals surface area contributed by atoms with Gasteiger partial charge in [0, 0.05) is 25.2 Å². The van der Waals surface area contributed by atoms with Crippen molar-refractivity contribution in [1.29, 1.82) is 0 Å². The van der Waals surface area contributed by atoms with Crippen molar-refractivity contribution in [2.75, 3.05) is 11.9 Å². The van der Waals surface area contributed by atoms with Gasteiger partial charge in [-0.05, 0) is 31.4 Å². The molecule has 8 nitrogen and oxygen atoms in total. The summed E-state index contributed by atoms with van der Waals surface area (Å²) in [6.07, 6.45) is -1.20. The van der Waals surface area contributed by atoms with Crippen molar-refractivity contribution in [2.45, 2.75) is 56.2 Å². The summed E-state index contributed by atoms with van der Waals surface area (Å²) < 4.78 is 58.9. The van der Waals surface area contributed by atoms with Crippen molar-refractivity contribution in [3.63, 3.8) is 0 Å². The first-order valence-electron chi connectivity index (χ1n) is 10.8. The highest BCUT2D eigenvalue weighted by Crippen LogP contribution is 2.35. The Labute approximate surface area is 190 Å². The number of phenols is 1. The molecule has 0 aliphatic carbocycles. The van der Waals surface area contributed by atoms with E-state index in [-0.39, 0.29) is 34.4 Å². The summed E-state index contributed by atoms with van der Waals surface area (Å²) in [5, 5.41) is 21.5. The predicted molar refractivity (Wildman–Crippen MR) is 114 cm³/mol. The van der Waals surface area contributed by atoms with Gasteiger partial charge in [0.25, 0.3) is 0 Å². The molecule has 2 aromatic heterocycles. The average molecular weight is 479 g/mol. The van der Waals surface area contributed by atoms with Gasteiger partial charge in [0.05, 0.1) is 23.2 Å². The highest BCUT2D eigenvalue weighted by molar-refractivity contribution is 5.85. The van der Waals surface area contributed by atoms with Gasteiger partial charge in [0.2, 0.25) is 5.76 Å². The predicted octanol–water partition coefficient (Wildman–Crippen LogP) is 3.43. The van der Waals surface area contributed by atoms with Crippen LogP contribution in [0.5, 0.6) is 5.75 Å². The molecule has 4 heterocycles. The van der Waals surface area contributed by atoms with Crippen LogP contribution in [0.25, 0.3) is 22.4 Å². The highest BCUT2D eigenvalue weighted by Gasteiger charge is 2.42. The smallest absolute Gasteiger partial charge is 0.449 e. The van der Waals surface area contributed by atoms with Gasteiger partial charge in [0.1, 0.15) is 17.5 Å². The van der Waals surface area contributed by atoms with E-state index < -0.39 is 35.3 Å². The normalized spacial score (nSPS) is 24.9. The molecule has 0 saturated carbocycles. The molecule has 0 spiro atoms. The Morgan fingerprint density at radius 3 is 2.71 bits per heavy atom. The van der Waals surface area contributed by atoms with Gasteiger partial charge < -0.3 is 19.7 Å². The summed E-state index contributed by atoms with van der Waals surface area (Å²) in [4.78, 5) is 17.9. The summed E-state index contributed by atoms with van der Waals surface area (Å²) >= 11 is 0. The zero-order valence-electron chi connectivity index (χ0n) is 18.0. The second-order valence-corrected chi connectivity index (χ2v) is 8.74. The third-order valence-corrected chi connectivity index (χ3v) is 6.57. The minimum absolute atomic E-state index is 0.0588. The first-order chi connectivity index (χ1) is 16.1. The van der Waals surface area contributed by atoms with Crippen molar-refractivity contribution < 1.29 is 27.1 Å². The van der Waals surface area contributed by atoms with Crippen molar-refractivity contribution >= 4 is 16.8 Å². The number of nitrogens with one attached hydrogen (secondary N) is 1.